The summed E-state index contributed by atoms with van der Waals surface area (Å²) in [4.78, 5) is 13.7. The molecule has 0 radical (unpaired) electrons. The first-order valence-electron chi connectivity index (χ1n) is 12.6. The highest BCUT2D eigenvalue weighted by Gasteiger charge is 2.37. The molecule has 2 N–H and O–H groups in total. The van der Waals surface area contributed by atoms with Gasteiger partial charge in [-0.2, -0.15) is 13.2 Å². The van der Waals surface area contributed by atoms with Crippen molar-refractivity contribution >= 4 is 26.7 Å². The quantitative estimate of drug-likeness (QED) is 0.313. The van der Waals surface area contributed by atoms with Gasteiger partial charge in [-0.1, -0.05) is 50.2 Å². The smallest absolute Gasteiger partial charge is 0.360 e. The summed E-state index contributed by atoms with van der Waals surface area (Å²) in [6, 6.07) is 14.4. The summed E-state index contributed by atoms with van der Waals surface area (Å²) in [6.07, 6.45) is -0.564. The van der Waals surface area contributed by atoms with Gasteiger partial charge in [-0.3, -0.25) is 4.90 Å². The fourth-order valence-electron chi connectivity index (χ4n) is 5.42. The van der Waals surface area contributed by atoms with Crippen LogP contribution in [0.15, 0.2) is 65.8 Å². The van der Waals surface area contributed by atoms with Crippen molar-refractivity contribution in [2.75, 3.05) is 24.7 Å². The molecule has 2 aromatic carbocycles. The van der Waals surface area contributed by atoms with Crippen molar-refractivity contribution in [3.05, 3.63) is 72.1 Å². The van der Waals surface area contributed by atoms with Gasteiger partial charge in [0.05, 0.1) is 10.6 Å². The lowest BCUT2D eigenvalue weighted by Crippen LogP contribution is -2.49. The number of fused-ring (bicyclic) bond motifs is 1. The number of anilines is 1. The molecule has 206 valence electrons. The van der Waals surface area contributed by atoms with Crippen LogP contribution in [0.2, 0.25) is 0 Å². The molecule has 2 aromatic heterocycles. The van der Waals surface area contributed by atoms with Gasteiger partial charge in [-0.25, -0.2) is 18.4 Å². The molecule has 3 heterocycles. The summed E-state index contributed by atoms with van der Waals surface area (Å²) >= 11 is 0. The molecule has 0 spiro atoms. The molecule has 7 nitrogen and oxygen atoms in total. The van der Waals surface area contributed by atoms with Gasteiger partial charge in [0.1, 0.15) is 5.56 Å². The van der Waals surface area contributed by atoms with Crippen LogP contribution < -0.4 is 5.32 Å². The third kappa shape index (κ3) is 6.09. The zero-order valence-corrected chi connectivity index (χ0v) is 22.7. The van der Waals surface area contributed by atoms with Crippen LogP contribution in [-0.2, 0) is 22.6 Å². The summed E-state index contributed by atoms with van der Waals surface area (Å²) in [5.41, 5.74) is 0.566. The van der Waals surface area contributed by atoms with Crippen LogP contribution in [0.25, 0.3) is 22.2 Å². The maximum Gasteiger partial charge on any atom is 0.419 e. The molecular weight excluding hydrogens is 527 g/mol. The van der Waals surface area contributed by atoms with Crippen molar-refractivity contribution in [2.45, 2.75) is 43.9 Å². The molecule has 11 heteroatoms. The number of aromatic amines is 1. The number of hydrogen-bond acceptors (Lipinski definition) is 6. The minimum Gasteiger partial charge on any atom is -0.360 e. The third-order valence-electron chi connectivity index (χ3n) is 6.94. The minimum atomic E-state index is -4.68. The van der Waals surface area contributed by atoms with E-state index in [1.165, 1.54) is 30.0 Å². The van der Waals surface area contributed by atoms with Crippen molar-refractivity contribution in [1.82, 2.24) is 19.9 Å². The molecule has 0 saturated carbocycles. The Kier molecular flexibility index (Phi) is 6.92. The van der Waals surface area contributed by atoms with Crippen molar-refractivity contribution in [2.24, 2.45) is 5.41 Å². The van der Waals surface area contributed by atoms with Crippen molar-refractivity contribution < 1.29 is 21.6 Å². The second kappa shape index (κ2) is 9.95. The number of rotatable bonds is 6. The fourth-order valence-corrected chi connectivity index (χ4v) is 6.06. The fraction of sp³-hybridized carbons (Fsp3) is 0.357. The molecular formula is C28H30F3N5O2S. The number of sulfone groups is 1. The number of nitrogens with zero attached hydrogens (tertiary/aromatic N) is 3. The second-order valence-corrected chi connectivity index (χ2v) is 13.0. The van der Waals surface area contributed by atoms with Gasteiger partial charge in [0.2, 0.25) is 5.95 Å². The molecule has 1 atom stereocenters. The minimum absolute atomic E-state index is 0.0202. The van der Waals surface area contributed by atoms with Crippen molar-refractivity contribution in [3.8, 4) is 11.3 Å². The number of halogens is 3. The van der Waals surface area contributed by atoms with Crippen LogP contribution in [0.4, 0.5) is 19.1 Å². The molecule has 1 aliphatic heterocycles. The van der Waals surface area contributed by atoms with E-state index in [0.29, 0.717) is 17.4 Å². The molecule has 5 rings (SSSR count). The molecule has 1 fully saturated rings. The van der Waals surface area contributed by atoms with Gasteiger partial charge >= 0.3 is 6.18 Å². The monoisotopic (exact) mass is 557 g/mol. The summed E-state index contributed by atoms with van der Waals surface area (Å²) < 4.78 is 65.9. The van der Waals surface area contributed by atoms with E-state index >= 15 is 0 Å². The second-order valence-electron chi connectivity index (χ2n) is 11.0. The molecule has 4 aromatic rings. The number of likely N-dealkylation sites (tertiary alicyclic amines) is 1. The van der Waals surface area contributed by atoms with Crippen molar-refractivity contribution in [3.63, 3.8) is 0 Å². The Hall–Kier alpha value is -3.44. The molecule has 0 amide bonds. The summed E-state index contributed by atoms with van der Waals surface area (Å²) in [6.45, 7) is 6.71. The Morgan fingerprint density at radius 3 is 2.59 bits per heavy atom. The molecule has 39 heavy (non-hydrogen) atoms. The maximum absolute atomic E-state index is 14.0. The predicted octanol–water partition coefficient (Wildman–Crippen LogP) is 5.76. The number of piperidine rings is 1. The first-order chi connectivity index (χ1) is 18.3. The van der Waals surface area contributed by atoms with Crippen LogP contribution >= 0.6 is 0 Å². The van der Waals surface area contributed by atoms with Gasteiger partial charge in [0.25, 0.3) is 0 Å². The third-order valence-corrected chi connectivity index (χ3v) is 8.05. The normalized spacial score (nSPS) is 18.4. The van der Waals surface area contributed by atoms with E-state index in [1.807, 2.05) is 18.2 Å². The average molecular weight is 558 g/mol. The summed E-state index contributed by atoms with van der Waals surface area (Å²) in [5, 5.41) is 3.73. The van der Waals surface area contributed by atoms with Gasteiger partial charge in [-0.05, 0) is 29.5 Å². The number of alkyl halides is 3. The van der Waals surface area contributed by atoms with Crippen LogP contribution in [0.3, 0.4) is 0 Å². The summed E-state index contributed by atoms with van der Waals surface area (Å²) in [5.74, 6) is 0.113. The molecule has 1 saturated heterocycles. The van der Waals surface area contributed by atoms with Crippen LogP contribution in [-0.4, -0.2) is 53.7 Å². The Morgan fingerprint density at radius 1 is 1.15 bits per heavy atom. The average Bonchev–Trinajstić information content (AvgIpc) is 3.26. The first-order valence-corrected chi connectivity index (χ1v) is 14.5. The summed E-state index contributed by atoms with van der Waals surface area (Å²) in [7, 11) is -3.48. The highest BCUT2D eigenvalue weighted by atomic mass is 32.2. The Balaban J connectivity index is 1.47. The standard InChI is InChI=1S/C28H30F3N5O2S/c1-27(2)12-19(16-36(17-27)15-18-7-5-4-6-8-18)34-26-33-14-23(28(29,30)31)25(35-26)22-13-32-24-11-20(39(3,37)38)9-10-21(22)24/h4-11,13-14,19,32H,12,15-17H2,1-3H3,(H,33,34,35)/t19-/m0/s1. The van der Waals surface area contributed by atoms with E-state index in [0.717, 1.165) is 32.0 Å². The van der Waals surface area contributed by atoms with E-state index in [9.17, 15) is 21.6 Å². The lowest BCUT2D eigenvalue weighted by molar-refractivity contribution is -0.137. The first kappa shape index (κ1) is 27.1. The van der Waals surface area contributed by atoms with Crippen LogP contribution in [0, 0.1) is 5.41 Å². The maximum atomic E-state index is 14.0. The van der Waals surface area contributed by atoms with Gasteiger partial charge in [0, 0.05) is 60.8 Å². The lowest BCUT2D eigenvalue weighted by Gasteiger charge is -2.42. The van der Waals surface area contributed by atoms with Crippen LogP contribution in [0.5, 0.6) is 0 Å². The van der Waals surface area contributed by atoms with Gasteiger partial charge in [-0.15, -0.1) is 0 Å². The molecule has 1 aliphatic rings. The van der Waals surface area contributed by atoms with E-state index in [4.69, 9.17) is 0 Å². The van der Waals surface area contributed by atoms with E-state index in [2.05, 4.69) is 51.1 Å². The lowest BCUT2D eigenvalue weighted by atomic mass is 9.81. The SMILES string of the molecule is CC1(C)C[C@H](Nc2ncc(C(F)(F)F)c(-c3c[nH]c4cc(S(C)(=O)=O)ccc34)n2)CN(Cc2ccccc2)C1. The Morgan fingerprint density at radius 2 is 1.90 bits per heavy atom. The largest absolute Gasteiger partial charge is 0.419 e. The molecule has 0 aliphatic carbocycles. The zero-order valence-electron chi connectivity index (χ0n) is 21.9. The number of H-pyrrole nitrogens is 1. The van der Waals surface area contributed by atoms with E-state index in [1.54, 1.807) is 0 Å². The predicted molar refractivity (Wildman–Crippen MR) is 145 cm³/mol. The van der Waals surface area contributed by atoms with Gasteiger partial charge in [0.15, 0.2) is 9.84 Å². The highest BCUT2D eigenvalue weighted by molar-refractivity contribution is 7.90. The van der Waals surface area contributed by atoms with Crippen molar-refractivity contribution in [1.29, 1.82) is 0 Å². The number of nitrogens with one attached hydrogen (secondary N) is 2. The number of aromatic nitrogens is 3. The highest BCUT2D eigenvalue weighted by Crippen LogP contribution is 2.39. The Bertz CT molecular complexity index is 1600. The van der Waals surface area contributed by atoms with E-state index in [-0.39, 0.29) is 33.6 Å². The number of hydrogen-bond donors (Lipinski definition) is 2. The van der Waals surface area contributed by atoms with Crippen LogP contribution in [0.1, 0.15) is 31.4 Å². The van der Waals surface area contributed by atoms with E-state index < -0.39 is 21.6 Å². The molecule has 0 bridgehead atoms. The molecule has 0 unspecified atom stereocenters. The topological polar surface area (TPSA) is 91.0 Å². The Labute approximate surface area is 225 Å². The number of benzene rings is 2. The zero-order chi connectivity index (χ0) is 28.0. The van der Waals surface area contributed by atoms with Gasteiger partial charge < -0.3 is 10.3 Å².